The van der Waals surface area contributed by atoms with Crippen LogP contribution in [0.4, 0.5) is 0 Å². The molecule has 2 fully saturated rings. The molecule has 2 aliphatic rings. The van der Waals surface area contributed by atoms with E-state index in [0.717, 1.165) is 70.8 Å². The van der Waals surface area contributed by atoms with Crippen molar-refractivity contribution < 1.29 is 19.0 Å². The average Bonchev–Trinajstić information content (AvgIpc) is 3.65. The molecule has 1 heterocycles. The fraction of sp³-hybridized carbons (Fsp3) is 0.766. The minimum absolute atomic E-state index is 0.0534. The highest BCUT2D eigenvalue weighted by Gasteiger charge is 2.52. The number of nitrogens with zero attached hydrogens (tertiary/aromatic N) is 1. The monoisotopic (exact) mass is 724 g/mol. The van der Waals surface area contributed by atoms with E-state index in [0.29, 0.717) is 6.42 Å². The van der Waals surface area contributed by atoms with Crippen molar-refractivity contribution in [2.24, 2.45) is 0 Å². The summed E-state index contributed by atoms with van der Waals surface area (Å²) in [4.78, 5) is 14.4. The normalized spacial score (nSPS) is 22.1. The van der Waals surface area contributed by atoms with Gasteiger partial charge in [0.25, 0.3) is 0 Å². The molecule has 1 unspecified atom stereocenters. The Kier molecular flexibility index (Phi) is 27.9. The number of hydrogen-bond donors (Lipinski definition) is 0. The van der Waals surface area contributed by atoms with Crippen LogP contribution in [0.5, 0.6) is 0 Å². The summed E-state index contributed by atoms with van der Waals surface area (Å²) in [7, 11) is 3.97. The van der Waals surface area contributed by atoms with Gasteiger partial charge in [0, 0.05) is 32.2 Å². The van der Waals surface area contributed by atoms with Gasteiger partial charge in [0.2, 0.25) is 0 Å². The highest BCUT2D eigenvalue weighted by atomic mass is 16.8. The van der Waals surface area contributed by atoms with Crippen molar-refractivity contribution in [3.05, 3.63) is 60.8 Å². The van der Waals surface area contributed by atoms with Crippen LogP contribution in [0.2, 0.25) is 0 Å². The molecule has 0 aromatic rings. The molecule has 0 bridgehead atoms. The van der Waals surface area contributed by atoms with Gasteiger partial charge in [-0.25, -0.2) is 0 Å². The molecule has 1 aliphatic carbocycles. The molecule has 1 aliphatic heterocycles. The molecule has 4 atom stereocenters. The number of allylic oxidation sites excluding steroid dienone is 10. The number of ether oxygens (including phenoxy) is 3. The number of rotatable bonds is 33. The number of fused-ring (bicyclic) bond motifs is 1. The second-order valence-electron chi connectivity index (χ2n) is 15.6. The van der Waals surface area contributed by atoms with E-state index in [2.05, 4.69) is 74.6 Å². The molecule has 0 radical (unpaired) electrons. The molecule has 0 amide bonds. The fourth-order valence-corrected chi connectivity index (χ4v) is 7.33. The van der Waals surface area contributed by atoms with Gasteiger partial charge in [0.05, 0.1) is 18.6 Å². The van der Waals surface area contributed by atoms with Crippen molar-refractivity contribution in [2.45, 2.75) is 211 Å². The van der Waals surface area contributed by atoms with Crippen molar-refractivity contribution in [1.82, 2.24) is 4.90 Å². The van der Waals surface area contributed by atoms with E-state index in [9.17, 15) is 4.79 Å². The molecule has 1 saturated heterocycles. The number of hydrogen-bond acceptors (Lipinski definition) is 5. The lowest BCUT2D eigenvalue weighted by Gasteiger charge is -2.30. The van der Waals surface area contributed by atoms with Crippen molar-refractivity contribution in [2.75, 3.05) is 20.6 Å². The number of unbranched alkanes of at least 4 members (excludes halogenated alkanes) is 15. The minimum Gasteiger partial charge on any atom is -0.462 e. The summed E-state index contributed by atoms with van der Waals surface area (Å²) in [5.74, 6) is -0.554. The maximum atomic E-state index is 12.4. The Labute approximate surface area is 321 Å². The van der Waals surface area contributed by atoms with E-state index < -0.39 is 5.79 Å². The Hall–Kier alpha value is -1.95. The first-order valence-corrected chi connectivity index (χ1v) is 21.9. The molecular formula is C47H81NO4. The maximum Gasteiger partial charge on any atom is 0.307 e. The molecule has 0 spiro atoms. The van der Waals surface area contributed by atoms with Crippen molar-refractivity contribution in [1.29, 1.82) is 0 Å². The Bertz CT molecular complexity index is 997. The standard InChI is InChI=1S/C47H81NO4/c1-5-7-9-11-13-15-17-19-21-23-25-27-29-31-33-35-38-47(51-44-41-43(42-45(44)52-47)50-46(49)37-40-48(3)4)39-36-34-32-30-28-26-24-22-20-18-16-14-12-10-8-6-2/h7,9,13-16,19-22,43-45H,5-6,8,10-12,17-18,23-42H2,1-4H3/b9-7-,15-13-,16-14-,21-19-,22-20-/t43-,44-,45+,47?. The molecule has 0 aromatic heterocycles. The SMILES string of the molecule is CC/C=C\C/C=C\C/C=C\CCCCCCCCC1(CCCCCCCC/C=C\C/C=C\CCCCC)O[C@H]2C[C@H](OC(=O)CCN(C)C)C[C@H]2O1. The van der Waals surface area contributed by atoms with E-state index in [1.165, 1.54) is 103 Å². The van der Waals surface area contributed by atoms with Crippen LogP contribution in [0, 0.1) is 0 Å². The smallest absolute Gasteiger partial charge is 0.307 e. The number of carbonyl (C=O) groups is 1. The molecular weight excluding hydrogens is 643 g/mol. The van der Waals surface area contributed by atoms with Crippen LogP contribution in [0.1, 0.15) is 187 Å². The lowest BCUT2D eigenvalue weighted by Crippen LogP contribution is -2.33. The van der Waals surface area contributed by atoms with Crippen LogP contribution in [0.3, 0.4) is 0 Å². The highest BCUT2D eigenvalue weighted by Crippen LogP contribution is 2.44. The topological polar surface area (TPSA) is 48.0 Å². The van der Waals surface area contributed by atoms with Crippen LogP contribution in [0.25, 0.3) is 0 Å². The summed E-state index contributed by atoms with van der Waals surface area (Å²) in [6.07, 6.45) is 54.1. The van der Waals surface area contributed by atoms with Crippen LogP contribution < -0.4 is 0 Å². The third-order valence-electron chi connectivity index (χ3n) is 10.4. The lowest BCUT2D eigenvalue weighted by molar-refractivity contribution is -0.196. The van der Waals surface area contributed by atoms with Gasteiger partial charge in [-0.05, 0) is 91.1 Å². The largest absolute Gasteiger partial charge is 0.462 e. The Morgan fingerprint density at radius 3 is 1.48 bits per heavy atom. The quantitative estimate of drug-likeness (QED) is 0.0383. The van der Waals surface area contributed by atoms with Gasteiger partial charge in [0.1, 0.15) is 6.10 Å². The summed E-state index contributed by atoms with van der Waals surface area (Å²) >= 11 is 0. The molecule has 298 valence electrons. The molecule has 52 heavy (non-hydrogen) atoms. The predicted molar refractivity (Wildman–Crippen MR) is 223 cm³/mol. The van der Waals surface area contributed by atoms with Gasteiger partial charge in [-0.3, -0.25) is 4.79 Å². The Balaban J connectivity index is 1.64. The first kappa shape index (κ1) is 46.2. The van der Waals surface area contributed by atoms with Gasteiger partial charge >= 0.3 is 5.97 Å². The maximum absolute atomic E-state index is 12.4. The zero-order valence-corrected chi connectivity index (χ0v) is 34.4. The Morgan fingerprint density at radius 1 is 0.596 bits per heavy atom. The van der Waals surface area contributed by atoms with Gasteiger partial charge in [-0.1, -0.05) is 139 Å². The summed E-state index contributed by atoms with van der Waals surface area (Å²) in [5, 5.41) is 0. The molecule has 0 N–H and O–H groups in total. The summed E-state index contributed by atoms with van der Waals surface area (Å²) < 4.78 is 19.4. The van der Waals surface area contributed by atoms with Gasteiger partial charge in [-0.2, -0.15) is 0 Å². The zero-order valence-electron chi connectivity index (χ0n) is 34.4. The summed E-state index contributed by atoms with van der Waals surface area (Å²) in [6.45, 7) is 5.16. The fourth-order valence-electron chi connectivity index (χ4n) is 7.33. The number of carbonyl (C=O) groups excluding carboxylic acids is 1. The lowest BCUT2D eigenvalue weighted by atomic mass is 9.98. The third kappa shape index (κ3) is 23.7. The molecule has 1 saturated carbocycles. The van der Waals surface area contributed by atoms with E-state index in [1.807, 2.05) is 19.0 Å². The van der Waals surface area contributed by atoms with E-state index in [-0.39, 0.29) is 24.3 Å². The van der Waals surface area contributed by atoms with Crippen LogP contribution >= 0.6 is 0 Å². The minimum atomic E-state index is -0.448. The summed E-state index contributed by atoms with van der Waals surface area (Å²) in [6, 6.07) is 0. The van der Waals surface area contributed by atoms with E-state index in [1.54, 1.807) is 0 Å². The van der Waals surface area contributed by atoms with Crippen LogP contribution in [0.15, 0.2) is 60.8 Å². The van der Waals surface area contributed by atoms with E-state index >= 15 is 0 Å². The van der Waals surface area contributed by atoms with Crippen molar-refractivity contribution in [3.63, 3.8) is 0 Å². The third-order valence-corrected chi connectivity index (χ3v) is 10.4. The highest BCUT2D eigenvalue weighted by molar-refractivity contribution is 5.69. The first-order chi connectivity index (χ1) is 25.5. The van der Waals surface area contributed by atoms with Gasteiger partial charge in [-0.15, -0.1) is 0 Å². The van der Waals surface area contributed by atoms with Crippen molar-refractivity contribution >= 4 is 5.97 Å². The van der Waals surface area contributed by atoms with Gasteiger partial charge < -0.3 is 19.1 Å². The average molecular weight is 724 g/mol. The molecule has 5 nitrogen and oxygen atoms in total. The summed E-state index contributed by atoms with van der Waals surface area (Å²) in [5.41, 5.74) is 0. The second kappa shape index (κ2) is 31.4. The predicted octanol–water partition coefficient (Wildman–Crippen LogP) is 13.3. The zero-order chi connectivity index (χ0) is 37.4. The van der Waals surface area contributed by atoms with Crippen LogP contribution in [-0.4, -0.2) is 55.6 Å². The Morgan fingerprint density at radius 2 is 1.02 bits per heavy atom. The molecule has 2 rings (SSSR count). The molecule has 0 aromatic carbocycles. The van der Waals surface area contributed by atoms with E-state index in [4.69, 9.17) is 14.2 Å². The van der Waals surface area contributed by atoms with Crippen molar-refractivity contribution in [3.8, 4) is 0 Å². The first-order valence-electron chi connectivity index (χ1n) is 21.9. The number of esters is 1. The van der Waals surface area contributed by atoms with Gasteiger partial charge in [0.15, 0.2) is 5.79 Å². The van der Waals surface area contributed by atoms with Crippen LogP contribution in [-0.2, 0) is 19.0 Å². The molecule has 5 heteroatoms. The second-order valence-corrected chi connectivity index (χ2v) is 15.6.